The molecule has 0 unspecified atom stereocenters. The van der Waals surface area contributed by atoms with Crippen LogP contribution in [-0.4, -0.2) is 11.1 Å². The summed E-state index contributed by atoms with van der Waals surface area (Å²) in [6.45, 7) is 0.0853. The maximum atomic E-state index is 13.7. The number of anilines is 1. The minimum Gasteiger partial charge on any atom is -0.485 e. The number of hydrogen-bond donors (Lipinski definition) is 2. The molecule has 2 rings (SSSR count). The summed E-state index contributed by atoms with van der Waals surface area (Å²) < 4.78 is 19.0. The third-order valence-corrected chi connectivity index (χ3v) is 2.52. The second kappa shape index (κ2) is 5.39. The van der Waals surface area contributed by atoms with Crippen molar-refractivity contribution in [2.75, 3.05) is 5.73 Å². The lowest BCUT2D eigenvalue weighted by molar-refractivity contribution is 0.0690. The molecular formula is C14H12FNO3. The second-order valence-corrected chi connectivity index (χ2v) is 3.96. The van der Waals surface area contributed by atoms with E-state index in [-0.39, 0.29) is 23.6 Å². The molecular weight excluding hydrogens is 249 g/mol. The quantitative estimate of drug-likeness (QED) is 0.830. The molecule has 0 amide bonds. The Hall–Kier alpha value is -2.56. The number of benzene rings is 2. The van der Waals surface area contributed by atoms with Gasteiger partial charge < -0.3 is 15.6 Å². The first-order valence-corrected chi connectivity index (χ1v) is 5.57. The highest BCUT2D eigenvalue weighted by Crippen LogP contribution is 2.26. The smallest absolute Gasteiger partial charge is 0.339 e. The van der Waals surface area contributed by atoms with E-state index < -0.39 is 11.8 Å². The summed E-state index contributed by atoms with van der Waals surface area (Å²) in [4.78, 5) is 11.0. The van der Waals surface area contributed by atoms with Gasteiger partial charge in [-0.15, -0.1) is 0 Å². The van der Waals surface area contributed by atoms with Crippen LogP contribution in [0.15, 0.2) is 42.5 Å². The summed E-state index contributed by atoms with van der Waals surface area (Å²) in [5.41, 5.74) is 5.99. The molecule has 0 saturated heterocycles. The van der Waals surface area contributed by atoms with Gasteiger partial charge in [-0.1, -0.05) is 30.3 Å². The van der Waals surface area contributed by atoms with Crippen LogP contribution >= 0.6 is 0 Å². The van der Waals surface area contributed by atoms with Crippen molar-refractivity contribution in [2.24, 2.45) is 0 Å². The number of aromatic carboxylic acids is 1. The molecule has 5 heteroatoms. The Balaban J connectivity index is 2.27. The fourth-order valence-corrected chi connectivity index (χ4v) is 1.65. The summed E-state index contributed by atoms with van der Waals surface area (Å²) in [6, 6.07) is 11.3. The molecule has 2 aromatic carbocycles. The number of rotatable bonds is 4. The Labute approximate surface area is 109 Å². The summed E-state index contributed by atoms with van der Waals surface area (Å²) in [7, 11) is 0. The number of carboxylic acid groups (broad SMARTS) is 1. The van der Waals surface area contributed by atoms with Gasteiger partial charge in [0, 0.05) is 11.8 Å². The van der Waals surface area contributed by atoms with Crippen molar-refractivity contribution in [1.82, 2.24) is 0 Å². The molecule has 2 aromatic rings. The second-order valence-electron chi connectivity index (χ2n) is 3.96. The van der Waals surface area contributed by atoms with Crippen LogP contribution < -0.4 is 10.5 Å². The summed E-state index contributed by atoms with van der Waals surface area (Å²) in [5.74, 6) is -2.37. The minimum absolute atomic E-state index is 0.0435. The largest absolute Gasteiger partial charge is 0.485 e. The Morgan fingerprint density at radius 1 is 1.26 bits per heavy atom. The number of nitrogen functional groups attached to an aromatic ring is 1. The van der Waals surface area contributed by atoms with Crippen molar-refractivity contribution in [3.63, 3.8) is 0 Å². The molecule has 0 heterocycles. The molecule has 0 aliphatic heterocycles. The molecule has 98 valence electrons. The first kappa shape index (κ1) is 12.9. The van der Waals surface area contributed by atoms with Crippen molar-refractivity contribution in [1.29, 1.82) is 0 Å². The van der Waals surface area contributed by atoms with E-state index in [1.807, 2.05) is 18.2 Å². The maximum absolute atomic E-state index is 13.7. The maximum Gasteiger partial charge on any atom is 0.339 e. The fourth-order valence-electron chi connectivity index (χ4n) is 1.65. The monoisotopic (exact) mass is 261 g/mol. The number of ether oxygens (including phenoxy) is 1. The highest BCUT2D eigenvalue weighted by atomic mass is 19.1. The molecule has 0 aliphatic rings. The van der Waals surface area contributed by atoms with Crippen LogP contribution in [0.3, 0.4) is 0 Å². The molecule has 0 fully saturated rings. The van der Waals surface area contributed by atoms with Crippen LogP contribution in [0.2, 0.25) is 0 Å². The molecule has 4 nitrogen and oxygen atoms in total. The number of carboxylic acids is 1. The normalized spacial score (nSPS) is 10.2. The number of nitrogens with two attached hydrogens (primary N) is 1. The van der Waals surface area contributed by atoms with Crippen LogP contribution in [0.1, 0.15) is 15.9 Å². The Morgan fingerprint density at radius 2 is 1.95 bits per heavy atom. The highest BCUT2D eigenvalue weighted by molar-refractivity contribution is 5.92. The predicted molar refractivity (Wildman–Crippen MR) is 68.5 cm³/mol. The van der Waals surface area contributed by atoms with E-state index in [0.717, 1.165) is 11.6 Å². The van der Waals surface area contributed by atoms with E-state index in [9.17, 15) is 9.18 Å². The third-order valence-electron chi connectivity index (χ3n) is 2.52. The lowest BCUT2D eigenvalue weighted by atomic mass is 10.1. The van der Waals surface area contributed by atoms with Gasteiger partial charge in [-0.25, -0.2) is 9.18 Å². The van der Waals surface area contributed by atoms with Crippen LogP contribution in [0, 0.1) is 5.82 Å². The van der Waals surface area contributed by atoms with E-state index in [2.05, 4.69) is 0 Å². The molecule has 19 heavy (non-hydrogen) atoms. The lowest BCUT2D eigenvalue weighted by Crippen LogP contribution is -2.06. The fraction of sp³-hybridized carbons (Fsp3) is 0.0714. The first-order valence-electron chi connectivity index (χ1n) is 5.57. The van der Waals surface area contributed by atoms with Crippen molar-refractivity contribution in [2.45, 2.75) is 6.61 Å². The zero-order valence-electron chi connectivity index (χ0n) is 9.97. The van der Waals surface area contributed by atoms with Gasteiger partial charge in [0.2, 0.25) is 0 Å². The lowest BCUT2D eigenvalue weighted by Gasteiger charge is -2.11. The topological polar surface area (TPSA) is 72.5 Å². The number of carbonyl (C=O) groups is 1. The van der Waals surface area contributed by atoms with Gasteiger partial charge in [0.05, 0.1) is 0 Å². The SMILES string of the molecule is Nc1cc(F)c(OCc2ccccc2)c(C(=O)O)c1. The Bertz CT molecular complexity index is 599. The molecule has 0 radical (unpaired) electrons. The third kappa shape index (κ3) is 3.01. The van der Waals surface area contributed by atoms with Crippen molar-refractivity contribution in [3.05, 3.63) is 59.4 Å². The van der Waals surface area contributed by atoms with Gasteiger partial charge in [0.25, 0.3) is 0 Å². The average Bonchev–Trinajstić information content (AvgIpc) is 2.38. The van der Waals surface area contributed by atoms with Crippen LogP contribution in [0.25, 0.3) is 0 Å². The van der Waals surface area contributed by atoms with Crippen LogP contribution in [0.4, 0.5) is 10.1 Å². The zero-order chi connectivity index (χ0) is 13.8. The van der Waals surface area contributed by atoms with E-state index >= 15 is 0 Å². The van der Waals surface area contributed by atoms with Crippen molar-refractivity contribution in [3.8, 4) is 5.75 Å². The van der Waals surface area contributed by atoms with Gasteiger partial charge in [-0.3, -0.25) is 0 Å². The van der Waals surface area contributed by atoms with Gasteiger partial charge in [0.1, 0.15) is 12.2 Å². The molecule has 0 bridgehead atoms. The van der Waals surface area contributed by atoms with Crippen LogP contribution in [0.5, 0.6) is 5.75 Å². The molecule has 0 aromatic heterocycles. The molecule has 0 atom stereocenters. The number of halogens is 1. The van der Waals surface area contributed by atoms with Crippen LogP contribution in [-0.2, 0) is 6.61 Å². The molecule has 0 spiro atoms. The summed E-state index contributed by atoms with van der Waals surface area (Å²) in [6.07, 6.45) is 0. The molecule has 3 N–H and O–H groups in total. The Kier molecular flexibility index (Phi) is 3.66. The van der Waals surface area contributed by atoms with Gasteiger partial charge in [0.15, 0.2) is 11.6 Å². The molecule has 0 saturated carbocycles. The predicted octanol–water partition coefficient (Wildman–Crippen LogP) is 2.69. The van der Waals surface area contributed by atoms with Gasteiger partial charge in [-0.2, -0.15) is 0 Å². The summed E-state index contributed by atoms with van der Waals surface area (Å²) in [5, 5.41) is 9.01. The van der Waals surface area contributed by atoms with E-state index in [1.165, 1.54) is 6.07 Å². The number of hydrogen-bond acceptors (Lipinski definition) is 3. The summed E-state index contributed by atoms with van der Waals surface area (Å²) >= 11 is 0. The van der Waals surface area contributed by atoms with Crippen molar-refractivity contribution >= 4 is 11.7 Å². The Morgan fingerprint density at radius 3 is 2.58 bits per heavy atom. The van der Waals surface area contributed by atoms with Gasteiger partial charge in [-0.05, 0) is 11.6 Å². The van der Waals surface area contributed by atoms with Crippen molar-refractivity contribution < 1.29 is 19.0 Å². The van der Waals surface area contributed by atoms with E-state index in [4.69, 9.17) is 15.6 Å². The van der Waals surface area contributed by atoms with E-state index in [1.54, 1.807) is 12.1 Å². The minimum atomic E-state index is -1.28. The standard InChI is InChI=1S/C14H12FNO3/c15-12-7-10(16)6-11(14(17)18)13(12)19-8-9-4-2-1-3-5-9/h1-7H,8,16H2,(H,17,18). The van der Waals surface area contributed by atoms with Gasteiger partial charge >= 0.3 is 5.97 Å². The van der Waals surface area contributed by atoms with E-state index in [0.29, 0.717) is 0 Å². The highest BCUT2D eigenvalue weighted by Gasteiger charge is 2.17. The molecule has 0 aliphatic carbocycles. The first-order chi connectivity index (χ1) is 9.08. The average molecular weight is 261 g/mol. The zero-order valence-corrected chi connectivity index (χ0v) is 9.97.